The van der Waals surface area contributed by atoms with E-state index in [9.17, 15) is 4.79 Å². The molecule has 4 heteroatoms. The third-order valence-electron chi connectivity index (χ3n) is 1.35. The molecular formula is C8H8N2OS. The molecule has 3 N–H and O–H groups in total. The van der Waals surface area contributed by atoms with Gasteiger partial charge in [-0.05, 0) is 24.4 Å². The number of aldehydes is 1. The SMILES string of the molecule is NC(=S)Nc1ccccc1C=O. The zero-order valence-electron chi connectivity index (χ0n) is 6.28. The van der Waals surface area contributed by atoms with E-state index in [1.807, 2.05) is 0 Å². The molecule has 0 fully saturated rings. The number of carbonyl (C=O) groups is 1. The molecule has 3 nitrogen and oxygen atoms in total. The van der Waals surface area contributed by atoms with Gasteiger partial charge in [0.1, 0.15) is 0 Å². The van der Waals surface area contributed by atoms with Crippen LogP contribution in [0.1, 0.15) is 10.4 Å². The van der Waals surface area contributed by atoms with Crippen molar-refractivity contribution in [3.63, 3.8) is 0 Å². The highest BCUT2D eigenvalue weighted by atomic mass is 32.1. The molecule has 0 atom stereocenters. The van der Waals surface area contributed by atoms with E-state index in [0.717, 1.165) is 6.29 Å². The quantitative estimate of drug-likeness (QED) is 0.529. The Morgan fingerprint density at radius 3 is 2.75 bits per heavy atom. The lowest BCUT2D eigenvalue weighted by Gasteiger charge is -2.04. The Labute approximate surface area is 75.6 Å². The Kier molecular flexibility index (Phi) is 2.76. The summed E-state index contributed by atoms with van der Waals surface area (Å²) < 4.78 is 0. The predicted molar refractivity (Wildman–Crippen MR) is 52.2 cm³/mol. The molecule has 0 aromatic heterocycles. The molecule has 0 saturated carbocycles. The number of para-hydroxylation sites is 1. The van der Waals surface area contributed by atoms with Crippen LogP contribution >= 0.6 is 12.2 Å². The number of nitrogens with one attached hydrogen (secondary N) is 1. The molecule has 0 aliphatic heterocycles. The number of thiocarbonyl (C=S) groups is 1. The topological polar surface area (TPSA) is 55.1 Å². The number of benzene rings is 1. The molecule has 1 rings (SSSR count). The molecule has 0 spiro atoms. The van der Waals surface area contributed by atoms with E-state index < -0.39 is 0 Å². The van der Waals surface area contributed by atoms with Gasteiger partial charge < -0.3 is 11.1 Å². The van der Waals surface area contributed by atoms with Crippen molar-refractivity contribution in [1.29, 1.82) is 0 Å². The van der Waals surface area contributed by atoms with Crippen LogP contribution in [-0.2, 0) is 0 Å². The molecule has 12 heavy (non-hydrogen) atoms. The van der Waals surface area contributed by atoms with Gasteiger partial charge in [0.05, 0.1) is 5.69 Å². The molecular weight excluding hydrogens is 172 g/mol. The van der Waals surface area contributed by atoms with E-state index in [0.29, 0.717) is 11.3 Å². The van der Waals surface area contributed by atoms with Crippen LogP contribution in [0.5, 0.6) is 0 Å². The van der Waals surface area contributed by atoms with Gasteiger partial charge in [0, 0.05) is 5.56 Å². The molecule has 62 valence electrons. The summed E-state index contributed by atoms with van der Waals surface area (Å²) in [6.45, 7) is 0. The smallest absolute Gasteiger partial charge is 0.168 e. The van der Waals surface area contributed by atoms with Crippen LogP contribution in [0.3, 0.4) is 0 Å². The number of nitrogens with two attached hydrogens (primary N) is 1. The van der Waals surface area contributed by atoms with Gasteiger partial charge >= 0.3 is 0 Å². The summed E-state index contributed by atoms with van der Waals surface area (Å²) in [6.07, 6.45) is 0.751. The summed E-state index contributed by atoms with van der Waals surface area (Å²) in [4.78, 5) is 10.5. The van der Waals surface area contributed by atoms with Crippen molar-refractivity contribution in [3.05, 3.63) is 29.8 Å². The molecule has 0 unspecified atom stereocenters. The Morgan fingerprint density at radius 1 is 1.50 bits per heavy atom. The first kappa shape index (κ1) is 8.67. The van der Waals surface area contributed by atoms with Gasteiger partial charge in [-0.25, -0.2) is 0 Å². The Hall–Kier alpha value is -1.42. The summed E-state index contributed by atoms with van der Waals surface area (Å²) in [6, 6.07) is 7.00. The number of carbonyl (C=O) groups excluding carboxylic acids is 1. The Bertz CT molecular complexity index is 312. The highest BCUT2D eigenvalue weighted by Crippen LogP contribution is 2.11. The Morgan fingerprint density at radius 2 is 2.17 bits per heavy atom. The molecule has 1 aromatic carbocycles. The van der Waals surface area contributed by atoms with Gasteiger partial charge in [-0.1, -0.05) is 12.1 Å². The normalized spacial score (nSPS) is 9.00. The molecule has 0 radical (unpaired) electrons. The van der Waals surface area contributed by atoms with E-state index in [4.69, 9.17) is 5.73 Å². The van der Waals surface area contributed by atoms with E-state index in [1.165, 1.54) is 0 Å². The van der Waals surface area contributed by atoms with Crippen LogP contribution in [0, 0.1) is 0 Å². The fraction of sp³-hybridized carbons (Fsp3) is 0. The fourth-order valence-electron chi connectivity index (χ4n) is 0.846. The van der Waals surface area contributed by atoms with Crippen molar-refractivity contribution < 1.29 is 4.79 Å². The van der Waals surface area contributed by atoms with E-state index in [1.54, 1.807) is 24.3 Å². The molecule has 0 bridgehead atoms. The van der Waals surface area contributed by atoms with Crippen molar-refractivity contribution in [3.8, 4) is 0 Å². The summed E-state index contributed by atoms with van der Waals surface area (Å²) >= 11 is 4.64. The summed E-state index contributed by atoms with van der Waals surface area (Å²) in [5.41, 5.74) is 6.44. The van der Waals surface area contributed by atoms with Crippen LogP contribution in [-0.4, -0.2) is 11.4 Å². The zero-order valence-corrected chi connectivity index (χ0v) is 7.10. The predicted octanol–water partition coefficient (Wildman–Crippen LogP) is 1.15. The molecule has 0 aliphatic carbocycles. The average molecular weight is 180 g/mol. The highest BCUT2D eigenvalue weighted by Gasteiger charge is 1.98. The highest BCUT2D eigenvalue weighted by molar-refractivity contribution is 7.80. The van der Waals surface area contributed by atoms with E-state index in [-0.39, 0.29) is 5.11 Å². The molecule has 0 heterocycles. The van der Waals surface area contributed by atoms with Gasteiger partial charge in [-0.2, -0.15) is 0 Å². The first-order valence-corrected chi connectivity index (χ1v) is 3.75. The van der Waals surface area contributed by atoms with Gasteiger partial charge in [0.25, 0.3) is 0 Å². The summed E-state index contributed by atoms with van der Waals surface area (Å²) in [5.74, 6) is 0. The number of anilines is 1. The van der Waals surface area contributed by atoms with Crippen LogP contribution < -0.4 is 11.1 Å². The van der Waals surface area contributed by atoms with Crippen molar-refractivity contribution in [2.45, 2.75) is 0 Å². The average Bonchev–Trinajstić information content (AvgIpc) is 2.04. The molecule has 1 aromatic rings. The molecule has 0 aliphatic rings. The maximum Gasteiger partial charge on any atom is 0.168 e. The van der Waals surface area contributed by atoms with Crippen molar-refractivity contribution in [2.24, 2.45) is 5.73 Å². The second-order valence-corrected chi connectivity index (χ2v) is 2.63. The first-order chi connectivity index (χ1) is 5.74. The minimum atomic E-state index is 0.157. The monoisotopic (exact) mass is 180 g/mol. The van der Waals surface area contributed by atoms with Crippen LogP contribution in [0.2, 0.25) is 0 Å². The van der Waals surface area contributed by atoms with Crippen molar-refractivity contribution in [1.82, 2.24) is 0 Å². The van der Waals surface area contributed by atoms with E-state index in [2.05, 4.69) is 17.5 Å². The first-order valence-electron chi connectivity index (χ1n) is 3.34. The number of hydrogen-bond acceptors (Lipinski definition) is 2. The number of hydrogen-bond donors (Lipinski definition) is 2. The lowest BCUT2D eigenvalue weighted by Crippen LogP contribution is -2.19. The Balaban J connectivity index is 2.96. The fourth-order valence-corrected chi connectivity index (χ4v) is 0.956. The second-order valence-electron chi connectivity index (χ2n) is 2.19. The number of rotatable bonds is 2. The largest absolute Gasteiger partial charge is 0.376 e. The summed E-state index contributed by atoms with van der Waals surface area (Å²) in [7, 11) is 0. The molecule has 0 saturated heterocycles. The minimum absolute atomic E-state index is 0.157. The van der Waals surface area contributed by atoms with Gasteiger partial charge in [0.15, 0.2) is 11.4 Å². The van der Waals surface area contributed by atoms with Crippen LogP contribution in [0.25, 0.3) is 0 Å². The van der Waals surface area contributed by atoms with Crippen LogP contribution in [0.4, 0.5) is 5.69 Å². The van der Waals surface area contributed by atoms with E-state index >= 15 is 0 Å². The summed E-state index contributed by atoms with van der Waals surface area (Å²) in [5, 5.41) is 2.86. The third-order valence-corrected chi connectivity index (χ3v) is 1.45. The maximum absolute atomic E-state index is 10.5. The maximum atomic E-state index is 10.5. The lowest BCUT2D eigenvalue weighted by atomic mass is 10.2. The standard InChI is InChI=1S/C8H8N2OS/c9-8(12)10-7-4-2-1-3-6(7)5-11/h1-5H,(H3,9,10,12). The second kappa shape index (κ2) is 3.82. The third kappa shape index (κ3) is 2.03. The van der Waals surface area contributed by atoms with Gasteiger partial charge in [-0.3, -0.25) is 4.79 Å². The lowest BCUT2D eigenvalue weighted by molar-refractivity contribution is 0.112. The van der Waals surface area contributed by atoms with Gasteiger partial charge in [0.2, 0.25) is 0 Å². The zero-order chi connectivity index (χ0) is 8.97. The van der Waals surface area contributed by atoms with Crippen molar-refractivity contribution >= 4 is 29.3 Å². The van der Waals surface area contributed by atoms with Gasteiger partial charge in [-0.15, -0.1) is 0 Å². The van der Waals surface area contributed by atoms with Crippen molar-refractivity contribution in [2.75, 3.05) is 5.32 Å². The molecule has 0 amide bonds. The minimum Gasteiger partial charge on any atom is -0.376 e. The van der Waals surface area contributed by atoms with Crippen LogP contribution in [0.15, 0.2) is 24.3 Å².